The lowest BCUT2D eigenvalue weighted by molar-refractivity contribution is -0.189. The van der Waals surface area contributed by atoms with Gasteiger partial charge in [0.15, 0.2) is 5.79 Å². The smallest absolute Gasteiger partial charge is 0.241 e. The molecule has 27 heavy (non-hydrogen) atoms. The second-order valence-electron chi connectivity index (χ2n) is 6.94. The number of nitrogens with one attached hydrogen (secondary N) is 1. The topological polar surface area (TPSA) is 60.0 Å². The van der Waals surface area contributed by atoms with E-state index in [9.17, 15) is 4.79 Å². The standard InChI is InChI=1S/C20H29ClN2O4/c1-2-25-13-3-10-22-19(24)18(16-4-6-17(21)7-5-16)23-11-8-20(9-12-23)26-14-15-27-20/h4-7,18H,2-3,8-15H2,1H3,(H,22,24)/t18-/m0/s1. The maximum Gasteiger partial charge on any atom is 0.241 e. The summed E-state index contributed by atoms with van der Waals surface area (Å²) in [6.45, 7) is 6.73. The molecule has 150 valence electrons. The van der Waals surface area contributed by atoms with E-state index in [-0.39, 0.29) is 11.9 Å². The minimum absolute atomic E-state index is 0.0121. The van der Waals surface area contributed by atoms with Crippen LogP contribution in [0.3, 0.4) is 0 Å². The first-order valence-corrected chi connectivity index (χ1v) is 10.1. The molecule has 2 heterocycles. The lowest BCUT2D eigenvalue weighted by atomic mass is 9.97. The van der Waals surface area contributed by atoms with Crippen molar-refractivity contribution in [2.45, 2.75) is 38.0 Å². The van der Waals surface area contributed by atoms with Crippen molar-refractivity contribution in [2.75, 3.05) is 46.1 Å². The molecule has 2 saturated heterocycles. The number of likely N-dealkylation sites (tertiary alicyclic amines) is 1. The molecule has 0 aromatic heterocycles. The Kier molecular flexibility index (Phi) is 7.49. The van der Waals surface area contributed by atoms with Crippen LogP contribution in [0.2, 0.25) is 5.02 Å². The predicted molar refractivity (Wildman–Crippen MR) is 104 cm³/mol. The van der Waals surface area contributed by atoms with Crippen molar-refractivity contribution in [1.29, 1.82) is 0 Å². The third-order valence-corrected chi connectivity index (χ3v) is 5.39. The van der Waals surface area contributed by atoms with Gasteiger partial charge in [0.25, 0.3) is 0 Å². The van der Waals surface area contributed by atoms with Gasteiger partial charge in [0.05, 0.1) is 13.2 Å². The molecular formula is C20H29ClN2O4. The Hall–Kier alpha value is -1.18. The van der Waals surface area contributed by atoms with Gasteiger partial charge < -0.3 is 19.5 Å². The molecule has 7 heteroatoms. The molecule has 1 aromatic carbocycles. The first-order valence-electron chi connectivity index (χ1n) is 9.76. The van der Waals surface area contributed by atoms with Crippen LogP contribution in [-0.4, -0.2) is 62.7 Å². The molecule has 0 radical (unpaired) electrons. The summed E-state index contributed by atoms with van der Waals surface area (Å²) >= 11 is 6.03. The zero-order chi connectivity index (χ0) is 19.1. The van der Waals surface area contributed by atoms with Crippen molar-refractivity contribution in [3.8, 4) is 0 Å². The summed E-state index contributed by atoms with van der Waals surface area (Å²) in [5.74, 6) is -0.437. The summed E-state index contributed by atoms with van der Waals surface area (Å²) in [7, 11) is 0. The van der Waals surface area contributed by atoms with Crippen LogP contribution < -0.4 is 5.32 Å². The van der Waals surface area contributed by atoms with E-state index in [1.807, 2.05) is 31.2 Å². The molecule has 0 saturated carbocycles. The van der Waals surface area contributed by atoms with E-state index in [1.54, 1.807) is 0 Å². The minimum atomic E-state index is -0.449. The molecule has 1 amide bonds. The van der Waals surface area contributed by atoms with E-state index >= 15 is 0 Å². The van der Waals surface area contributed by atoms with Crippen LogP contribution >= 0.6 is 11.6 Å². The molecule has 6 nitrogen and oxygen atoms in total. The summed E-state index contributed by atoms with van der Waals surface area (Å²) < 4.78 is 17.0. The van der Waals surface area contributed by atoms with Gasteiger partial charge in [0.2, 0.25) is 5.91 Å². The van der Waals surface area contributed by atoms with Crippen molar-refractivity contribution in [2.24, 2.45) is 0 Å². The maximum atomic E-state index is 13.0. The molecule has 3 rings (SSSR count). The number of ether oxygens (including phenoxy) is 3. The number of amides is 1. The van der Waals surface area contributed by atoms with Crippen LogP contribution in [0.15, 0.2) is 24.3 Å². The van der Waals surface area contributed by atoms with Crippen LogP contribution in [-0.2, 0) is 19.0 Å². The average molecular weight is 397 g/mol. The average Bonchev–Trinajstić information content (AvgIpc) is 3.13. The predicted octanol–water partition coefficient (Wildman–Crippen LogP) is 2.76. The highest BCUT2D eigenvalue weighted by molar-refractivity contribution is 6.30. The van der Waals surface area contributed by atoms with E-state index < -0.39 is 5.79 Å². The molecule has 2 aliphatic heterocycles. The lowest BCUT2D eigenvalue weighted by Gasteiger charge is -2.40. The van der Waals surface area contributed by atoms with Crippen molar-refractivity contribution >= 4 is 17.5 Å². The van der Waals surface area contributed by atoms with Gasteiger partial charge in [-0.05, 0) is 31.0 Å². The molecule has 0 unspecified atom stereocenters. The number of hydrogen-bond donors (Lipinski definition) is 1. The highest BCUT2D eigenvalue weighted by Crippen LogP contribution is 2.35. The molecule has 2 aliphatic rings. The van der Waals surface area contributed by atoms with Crippen LogP contribution in [0.5, 0.6) is 0 Å². The molecule has 1 N–H and O–H groups in total. The molecular weight excluding hydrogens is 368 g/mol. The number of hydrogen-bond acceptors (Lipinski definition) is 5. The first-order chi connectivity index (χ1) is 13.1. The van der Waals surface area contributed by atoms with Crippen LogP contribution in [0.4, 0.5) is 0 Å². The SMILES string of the molecule is CCOCCCNC(=O)[C@H](c1ccc(Cl)cc1)N1CCC2(CC1)OCCO2. The Morgan fingerprint density at radius 3 is 2.56 bits per heavy atom. The third-order valence-electron chi connectivity index (χ3n) is 5.14. The van der Waals surface area contributed by atoms with Crippen molar-refractivity contribution in [3.05, 3.63) is 34.9 Å². The van der Waals surface area contributed by atoms with Crippen LogP contribution in [0.25, 0.3) is 0 Å². The van der Waals surface area contributed by atoms with Crippen molar-refractivity contribution in [1.82, 2.24) is 10.2 Å². The van der Waals surface area contributed by atoms with Crippen molar-refractivity contribution < 1.29 is 19.0 Å². The summed E-state index contributed by atoms with van der Waals surface area (Å²) in [6, 6.07) is 7.19. The Bertz CT molecular complexity index is 595. The fraction of sp³-hybridized carbons (Fsp3) is 0.650. The number of nitrogens with zero attached hydrogens (tertiary/aromatic N) is 1. The Morgan fingerprint density at radius 2 is 1.93 bits per heavy atom. The number of carbonyl (C=O) groups excluding carboxylic acids is 1. The molecule has 1 aromatic rings. The molecule has 1 atom stereocenters. The van der Waals surface area contributed by atoms with Gasteiger partial charge in [-0.15, -0.1) is 0 Å². The van der Waals surface area contributed by atoms with E-state index in [1.165, 1.54) is 0 Å². The van der Waals surface area contributed by atoms with E-state index in [0.717, 1.165) is 37.9 Å². The number of halogens is 1. The largest absolute Gasteiger partial charge is 0.382 e. The van der Waals surface area contributed by atoms with Crippen molar-refractivity contribution in [3.63, 3.8) is 0 Å². The summed E-state index contributed by atoms with van der Waals surface area (Å²) in [6.07, 6.45) is 2.35. The molecule has 0 aliphatic carbocycles. The Morgan fingerprint density at radius 1 is 1.26 bits per heavy atom. The number of rotatable bonds is 8. The summed E-state index contributed by atoms with van der Waals surface area (Å²) in [5.41, 5.74) is 0.950. The molecule has 2 fully saturated rings. The van der Waals surface area contributed by atoms with Gasteiger partial charge in [-0.2, -0.15) is 0 Å². The zero-order valence-electron chi connectivity index (χ0n) is 15.9. The quantitative estimate of drug-likeness (QED) is 0.685. The Labute approximate surface area is 166 Å². The van der Waals surface area contributed by atoms with Gasteiger partial charge in [-0.3, -0.25) is 9.69 Å². The second-order valence-corrected chi connectivity index (χ2v) is 7.38. The van der Waals surface area contributed by atoms with E-state index in [0.29, 0.717) is 38.0 Å². The van der Waals surface area contributed by atoms with Gasteiger partial charge in [-0.1, -0.05) is 23.7 Å². The summed E-state index contributed by atoms with van der Waals surface area (Å²) in [4.78, 5) is 15.2. The second kappa shape index (κ2) is 9.85. The number of piperidine rings is 1. The molecule has 0 bridgehead atoms. The van der Waals surface area contributed by atoms with Crippen LogP contribution in [0.1, 0.15) is 37.8 Å². The van der Waals surface area contributed by atoms with E-state index in [4.69, 9.17) is 25.8 Å². The summed E-state index contributed by atoms with van der Waals surface area (Å²) in [5, 5.41) is 3.72. The van der Waals surface area contributed by atoms with Gasteiger partial charge in [-0.25, -0.2) is 0 Å². The van der Waals surface area contributed by atoms with Crippen LogP contribution in [0, 0.1) is 0 Å². The Balaban J connectivity index is 1.64. The monoisotopic (exact) mass is 396 g/mol. The fourth-order valence-corrected chi connectivity index (χ4v) is 3.83. The zero-order valence-corrected chi connectivity index (χ0v) is 16.7. The normalized spacial score (nSPS) is 20.7. The number of benzene rings is 1. The van der Waals surface area contributed by atoms with Gasteiger partial charge in [0.1, 0.15) is 6.04 Å². The molecule has 1 spiro atoms. The highest BCUT2D eigenvalue weighted by atomic mass is 35.5. The van der Waals surface area contributed by atoms with Gasteiger partial charge >= 0.3 is 0 Å². The number of carbonyl (C=O) groups is 1. The lowest BCUT2D eigenvalue weighted by Crippen LogP contribution is -2.49. The first kappa shape index (κ1) is 20.6. The van der Waals surface area contributed by atoms with Gasteiger partial charge in [0, 0.05) is 50.7 Å². The van der Waals surface area contributed by atoms with E-state index in [2.05, 4.69) is 10.2 Å². The fourth-order valence-electron chi connectivity index (χ4n) is 3.71. The third kappa shape index (κ3) is 5.42. The highest BCUT2D eigenvalue weighted by Gasteiger charge is 2.42. The maximum absolute atomic E-state index is 13.0. The minimum Gasteiger partial charge on any atom is -0.382 e.